The first kappa shape index (κ1) is 36.6. The van der Waals surface area contributed by atoms with Gasteiger partial charge in [0, 0.05) is 24.9 Å². The number of nitrogens with one attached hydrogen (secondary N) is 1. The second kappa shape index (κ2) is 16.7. The molecular formula is C31H44N7O7PS. The molecule has 0 spiro atoms. The molecule has 0 saturated carbocycles. The Balaban J connectivity index is 1.67. The number of rotatable bonds is 15. The van der Waals surface area contributed by atoms with Crippen LogP contribution in [-0.2, 0) is 24.9 Å². The van der Waals surface area contributed by atoms with Crippen molar-refractivity contribution >= 4 is 43.6 Å². The molecular weight excluding hydrogens is 645 g/mol. The molecule has 16 heteroatoms. The summed E-state index contributed by atoms with van der Waals surface area (Å²) in [4.78, 5) is 38.0. The third kappa shape index (κ3) is 9.22. The first-order valence-electron chi connectivity index (χ1n) is 15.6. The van der Waals surface area contributed by atoms with Crippen LogP contribution in [0, 0.1) is 17.2 Å². The summed E-state index contributed by atoms with van der Waals surface area (Å²) in [6, 6.07) is 9.42. The van der Waals surface area contributed by atoms with Crippen LogP contribution >= 0.6 is 20.3 Å². The van der Waals surface area contributed by atoms with Crippen molar-refractivity contribution < 1.29 is 28.1 Å². The second-order valence-corrected chi connectivity index (χ2v) is 14.2. The van der Waals surface area contributed by atoms with Gasteiger partial charge in [-0.25, -0.2) is 14.4 Å². The standard InChI is InChI=1S/C31H44N7O7PS/c1-18(2)15-25-34-27-28(35-30(33)36-29(27)39)37(25)26-16-22(45-46(42-14-10-13-32)38(19(3)4)20(5)6)23(43-26)17-41-31(40)44-21-11-8-9-12-24(21)47-7/h8-9,11-12,18-20,22-23,26H,10,14-17H2,1-7H3,(H3,33,35,36,39)/t22-,23?,26?,46?/m1/s1. The lowest BCUT2D eigenvalue weighted by Gasteiger charge is -2.37. The average Bonchev–Trinajstić information content (AvgIpc) is 3.56. The van der Waals surface area contributed by atoms with Crippen LogP contribution in [0.4, 0.5) is 10.7 Å². The zero-order chi connectivity index (χ0) is 34.2. The molecule has 3 N–H and O–H groups in total. The van der Waals surface area contributed by atoms with E-state index in [0.29, 0.717) is 30.1 Å². The largest absolute Gasteiger partial charge is 0.513 e. The van der Waals surface area contributed by atoms with E-state index < -0.39 is 38.7 Å². The van der Waals surface area contributed by atoms with Crippen molar-refractivity contribution in [2.75, 3.05) is 25.2 Å². The number of aromatic amines is 1. The first-order chi connectivity index (χ1) is 22.4. The second-order valence-electron chi connectivity index (χ2n) is 12.0. The van der Waals surface area contributed by atoms with Crippen LogP contribution in [0.1, 0.15) is 66.4 Å². The van der Waals surface area contributed by atoms with Crippen LogP contribution in [-0.4, -0.2) is 74.1 Å². The third-order valence-corrected chi connectivity index (χ3v) is 10.1. The van der Waals surface area contributed by atoms with Crippen LogP contribution in [0.25, 0.3) is 11.2 Å². The molecule has 0 radical (unpaired) electrons. The molecule has 0 bridgehead atoms. The van der Waals surface area contributed by atoms with Gasteiger partial charge in [0.1, 0.15) is 30.5 Å². The molecule has 14 nitrogen and oxygen atoms in total. The van der Waals surface area contributed by atoms with Gasteiger partial charge < -0.3 is 29.0 Å². The number of H-pyrrole nitrogens is 1. The molecule has 1 fully saturated rings. The van der Waals surface area contributed by atoms with Gasteiger partial charge in [0.05, 0.1) is 30.1 Å². The van der Waals surface area contributed by atoms with Gasteiger partial charge in [-0.05, 0) is 52.0 Å². The number of hydrogen-bond donors (Lipinski definition) is 2. The van der Waals surface area contributed by atoms with Gasteiger partial charge in [-0.15, -0.1) is 11.8 Å². The van der Waals surface area contributed by atoms with Crippen molar-refractivity contribution in [3.05, 3.63) is 40.4 Å². The monoisotopic (exact) mass is 689 g/mol. The van der Waals surface area contributed by atoms with E-state index in [0.717, 1.165) is 4.90 Å². The third-order valence-electron chi connectivity index (χ3n) is 7.22. The zero-order valence-electron chi connectivity index (χ0n) is 27.8. The van der Waals surface area contributed by atoms with Crippen LogP contribution in [0.3, 0.4) is 0 Å². The van der Waals surface area contributed by atoms with Gasteiger partial charge in [0.15, 0.2) is 11.2 Å². The van der Waals surface area contributed by atoms with Crippen molar-refractivity contribution in [1.82, 2.24) is 24.2 Å². The number of nitrogens with two attached hydrogens (primary N) is 1. The number of benzene rings is 1. The number of nitriles is 1. The molecule has 0 aliphatic carbocycles. The highest BCUT2D eigenvalue weighted by Crippen LogP contribution is 2.50. The maximum Gasteiger partial charge on any atom is 0.513 e. The number of hydrogen-bond acceptors (Lipinski definition) is 13. The molecule has 2 aromatic heterocycles. The summed E-state index contributed by atoms with van der Waals surface area (Å²) in [5.41, 5.74) is 5.94. The van der Waals surface area contributed by atoms with E-state index in [1.165, 1.54) is 11.8 Å². The molecule has 3 aromatic rings. The smallest absolute Gasteiger partial charge is 0.431 e. The number of fused-ring (bicyclic) bond motifs is 1. The number of para-hydroxylation sites is 1. The maximum absolute atomic E-state index is 12.9. The summed E-state index contributed by atoms with van der Waals surface area (Å²) < 4.78 is 34.4. The summed E-state index contributed by atoms with van der Waals surface area (Å²) in [6.07, 6.45) is -0.00803. The Kier molecular flexibility index (Phi) is 13.0. The molecule has 0 amide bonds. The summed E-state index contributed by atoms with van der Waals surface area (Å²) in [5, 5.41) is 9.17. The molecule has 4 rings (SSSR count). The Bertz CT molecular complexity index is 1600. The highest BCUT2D eigenvalue weighted by atomic mass is 32.2. The van der Waals surface area contributed by atoms with Gasteiger partial charge in [0.25, 0.3) is 14.1 Å². The SMILES string of the molecule is CSc1ccccc1OC(=O)OCC1OC(n2c(CC(C)C)nc3c(=O)[nH]c(N)nc32)C[C@H]1OP(OCCC#N)N(C(C)C)C(C)C. The predicted molar refractivity (Wildman–Crippen MR) is 180 cm³/mol. The van der Waals surface area contributed by atoms with E-state index >= 15 is 0 Å². The van der Waals surface area contributed by atoms with Gasteiger partial charge >= 0.3 is 6.16 Å². The van der Waals surface area contributed by atoms with Crippen LogP contribution in [0.2, 0.25) is 0 Å². The Hall–Kier alpha value is -3.25. The average molecular weight is 690 g/mol. The number of aromatic nitrogens is 4. The molecule has 47 heavy (non-hydrogen) atoms. The van der Waals surface area contributed by atoms with E-state index in [2.05, 4.69) is 25.7 Å². The number of carbonyl (C=O) groups is 1. The number of ether oxygens (including phenoxy) is 3. The summed E-state index contributed by atoms with van der Waals surface area (Å²) in [7, 11) is -1.66. The quantitative estimate of drug-likeness (QED) is 0.0645. The molecule has 1 saturated heterocycles. The fraction of sp³-hybridized carbons (Fsp3) is 0.581. The highest BCUT2D eigenvalue weighted by Gasteiger charge is 2.43. The molecule has 1 aliphatic heterocycles. The molecule has 1 aromatic carbocycles. The lowest BCUT2D eigenvalue weighted by atomic mass is 10.1. The normalized spacial score (nSPS) is 18.8. The van der Waals surface area contributed by atoms with Crippen molar-refractivity contribution in [2.45, 2.75) is 96.2 Å². The topological polar surface area (TPSA) is 180 Å². The number of carbonyl (C=O) groups excluding carboxylic acids is 1. The van der Waals surface area contributed by atoms with Crippen molar-refractivity contribution in [1.29, 1.82) is 5.26 Å². The van der Waals surface area contributed by atoms with Crippen molar-refractivity contribution in [3.8, 4) is 11.8 Å². The van der Waals surface area contributed by atoms with Gasteiger partial charge in [-0.3, -0.25) is 14.3 Å². The predicted octanol–water partition coefficient (Wildman–Crippen LogP) is 5.79. The van der Waals surface area contributed by atoms with E-state index in [9.17, 15) is 14.9 Å². The van der Waals surface area contributed by atoms with Crippen LogP contribution < -0.4 is 16.0 Å². The minimum Gasteiger partial charge on any atom is -0.431 e. The number of thioether (sulfide) groups is 1. The van der Waals surface area contributed by atoms with E-state index in [1.54, 1.807) is 16.7 Å². The van der Waals surface area contributed by atoms with Crippen LogP contribution in [0.15, 0.2) is 34.0 Å². The highest BCUT2D eigenvalue weighted by molar-refractivity contribution is 7.98. The number of nitrogens with zero attached hydrogens (tertiary/aromatic N) is 5. The first-order valence-corrected chi connectivity index (χ1v) is 17.9. The molecule has 3 heterocycles. The van der Waals surface area contributed by atoms with Crippen molar-refractivity contribution in [3.63, 3.8) is 0 Å². The number of imidazole rings is 1. The summed E-state index contributed by atoms with van der Waals surface area (Å²) >= 11 is 1.45. The van der Waals surface area contributed by atoms with E-state index in [1.807, 2.05) is 59.9 Å². The van der Waals surface area contributed by atoms with Crippen molar-refractivity contribution in [2.24, 2.45) is 5.92 Å². The van der Waals surface area contributed by atoms with Gasteiger partial charge in [-0.2, -0.15) is 10.2 Å². The minimum absolute atomic E-state index is 0.0439. The minimum atomic E-state index is -1.66. The number of nitrogen functional groups attached to an aromatic ring is 1. The van der Waals surface area contributed by atoms with Gasteiger partial charge in [-0.1, -0.05) is 26.0 Å². The molecule has 1 aliphatic rings. The lowest BCUT2D eigenvalue weighted by Crippen LogP contribution is -2.37. The van der Waals surface area contributed by atoms with E-state index in [-0.39, 0.29) is 49.1 Å². The molecule has 3 unspecified atom stereocenters. The number of anilines is 1. The summed E-state index contributed by atoms with van der Waals surface area (Å²) in [5.74, 6) is 1.16. The maximum atomic E-state index is 12.9. The Morgan fingerprint density at radius 2 is 1.96 bits per heavy atom. The molecule has 4 atom stereocenters. The van der Waals surface area contributed by atoms with E-state index in [4.69, 9.17) is 29.0 Å². The van der Waals surface area contributed by atoms with Crippen LogP contribution in [0.5, 0.6) is 5.75 Å². The van der Waals surface area contributed by atoms with Gasteiger partial charge in [0.2, 0.25) is 5.95 Å². The molecule has 256 valence electrons. The fourth-order valence-electron chi connectivity index (χ4n) is 5.36. The Morgan fingerprint density at radius 3 is 2.62 bits per heavy atom. The Labute approximate surface area is 280 Å². The lowest BCUT2D eigenvalue weighted by molar-refractivity contribution is -0.0502. The Morgan fingerprint density at radius 1 is 1.23 bits per heavy atom. The summed E-state index contributed by atoms with van der Waals surface area (Å²) in [6.45, 7) is 12.3. The zero-order valence-corrected chi connectivity index (χ0v) is 29.5. The fourth-order valence-corrected chi connectivity index (χ4v) is 7.64.